The summed E-state index contributed by atoms with van der Waals surface area (Å²) in [5.74, 6) is 1.69. The Balaban J connectivity index is 1.59. The molecule has 0 spiro atoms. The second kappa shape index (κ2) is 9.89. The molecular weight excluding hydrogens is 452 g/mol. The normalized spacial score (nSPS) is 17.5. The predicted octanol–water partition coefficient (Wildman–Crippen LogP) is 4.47. The van der Waals surface area contributed by atoms with Crippen LogP contribution in [0.3, 0.4) is 0 Å². The van der Waals surface area contributed by atoms with Crippen LogP contribution in [-0.2, 0) is 9.59 Å². The summed E-state index contributed by atoms with van der Waals surface area (Å²) in [6, 6.07) is 12.4. The third-order valence-corrected chi connectivity index (χ3v) is 6.64. The van der Waals surface area contributed by atoms with Crippen molar-refractivity contribution >= 4 is 46.0 Å². The van der Waals surface area contributed by atoms with E-state index in [1.165, 1.54) is 11.8 Å². The van der Waals surface area contributed by atoms with Gasteiger partial charge in [0, 0.05) is 29.4 Å². The Bertz CT molecular complexity index is 1160. The molecular formula is C25H28N4O4S. The SMILES string of the molecule is COc1cc(NC(=O)C(C)SC2=Nc3ccccc3C3=NC(=O)C(CC(C)C)N23)cc(OC)c1. The van der Waals surface area contributed by atoms with Crippen molar-refractivity contribution in [2.75, 3.05) is 19.5 Å². The molecule has 2 aliphatic heterocycles. The maximum atomic E-state index is 13.1. The zero-order valence-electron chi connectivity index (χ0n) is 19.9. The van der Waals surface area contributed by atoms with Crippen LogP contribution in [0.15, 0.2) is 52.4 Å². The molecule has 0 fully saturated rings. The molecule has 9 heteroatoms. The third-order valence-electron chi connectivity index (χ3n) is 5.57. The summed E-state index contributed by atoms with van der Waals surface area (Å²) in [6.07, 6.45) is 0.651. The zero-order valence-corrected chi connectivity index (χ0v) is 20.7. The first kappa shape index (κ1) is 23.8. The van der Waals surface area contributed by atoms with Crippen molar-refractivity contribution in [3.63, 3.8) is 0 Å². The third kappa shape index (κ3) is 4.79. The van der Waals surface area contributed by atoms with Crippen LogP contribution in [0.2, 0.25) is 0 Å². The Morgan fingerprint density at radius 1 is 1.09 bits per heavy atom. The summed E-state index contributed by atoms with van der Waals surface area (Å²) >= 11 is 1.31. The van der Waals surface area contributed by atoms with Crippen LogP contribution >= 0.6 is 11.8 Å². The van der Waals surface area contributed by atoms with E-state index in [1.807, 2.05) is 36.1 Å². The minimum Gasteiger partial charge on any atom is -0.497 e. The largest absolute Gasteiger partial charge is 0.497 e. The molecule has 8 nitrogen and oxygen atoms in total. The Labute approximate surface area is 203 Å². The number of para-hydroxylation sites is 1. The van der Waals surface area contributed by atoms with E-state index in [0.29, 0.717) is 40.5 Å². The van der Waals surface area contributed by atoms with E-state index in [0.717, 1.165) is 11.3 Å². The number of nitrogens with zero attached hydrogens (tertiary/aromatic N) is 3. The molecule has 2 aliphatic rings. The van der Waals surface area contributed by atoms with Crippen LogP contribution in [0.4, 0.5) is 11.4 Å². The van der Waals surface area contributed by atoms with Gasteiger partial charge in [0.25, 0.3) is 5.91 Å². The molecule has 2 amide bonds. The number of anilines is 1. The lowest BCUT2D eigenvalue weighted by Gasteiger charge is -2.32. The van der Waals surface area contributed by atoms with Gasteiger partial charge in [0.2, 0.25) is 5.91 Å². The molecule has 178 valence electrons. The van der Waals surface area contributed by atoms with Crippen LogP contribution in [0.5, 0.6) is 11.5 Å². The monoisotopic (exact) mass is 480 g/mol. The quantitative estimate of drug-likeness (QED) is 0.629. The maximum absolute atomic E-state index is 13.1. The fourth-order valence-corrected chi connectivity index (χ4v) is 4.85. The fraction of sp³-hybridized carbons (Fsp3) is 0.360. The number of fused-ring (bicyclic) bond motifs is 3. The number of amides is 2. The highest BCUT2D eigenvalue weighted by Crippen LogP contribution is 2.37. The van der Waals surface area contributed by atoms with Crippen LogP contribution in [0.25, 0.3) is 0 Å². The standard InChI is InChI=1S/C25H28N4O4S/c1-14(2)10-21-24(31)28-22-19-8-6-7-9-20(19)27-25(29(21)22)34-15(3)23(30)26-16-11-17(32-4)13-18(12-16)33-5/h6-9,11-15,21H,10H2,1-5H3,(H,26,30). The van der Waals surface area contributed by atoms with Crippen molar-refractivity contribution < 1.29 is 19.1 Å². The Hall–Kier alpha value is -3.33. The number of aliphatic imine (C=N–C) groups is 2. The number of methoxy groups -OCH3 is 2. The molecule has 2 atom stereocenters. The number of hydrogen-bond donors (Lipinski definition) is 1. The lowest BCUT2D eigenvalue weighted by atomic mass is 10.0. The fourth-order valence-electron chi connectivity index (χ4n) is 3.89. The number of ether oxygens (including phenoxy) is 2. The minimum atomic E-state index is -0.488. The number of carbonyl (C=O) groups is 2. The number of hydrogen-bond acceptors (Lipinski definition) is 7. The summed E-state index contributed by atoms with van der Waals surface area (Å²) < 4.78 is 10.6. The van der Waals surface area contributed by atoms with E-state index in [9.17, 15) is 9.59 Å². The van der Waals surface area contributed by atoms with Gasteiger partial charge in [0.15, 0.2) is 5.17 Å². The maximum Gasteiger partial charge on any atom is 0.270 e. The van der Waals surface area contributed by atoms with E-state index in [2.05, 4.69) is 24.2 Å². The minimum absolute atomic E-state index is 0.172. The van der Waals surface area contributed by atoms with E-state index in [-0.39, 0.29) is 11.8 Å². The molecule has 2 aromatic rings. The smallest absolute Gasteiger partial charge is 0.270 e. The van der Waals surface area contributed by atoms with Gasteiger partial charge in [-0.15, -0.1) is 0 Å². The first-order valence-electron chi connectivity index (χ1n) is 11.1. The highest BCUT2D eigenvalue weighted by Gasteiger charge is 2.42. The molecule has 0 aromatic heterocycles. The van der Waals surface area contributed by atoms with Gasteiger partial charge in [0.1, 0.15) is 23.4 Å². The van der Waals surface area contributed by atoms with E-state index in [1.54, 1.807) is 32.4 Å². The van der Waals surface area contributed by atoms with Crippen molar-refractivity contribution in [3.05, 3.63) is 48.0 Å². The predicted molar refractivity (Wildman–Crippen MR) is 135 cm³/mol. The topological polar surface area (TPSA) is 92.6 Å². The van der Waals surface area contributed by atoms with E-state index >= 15 is 0 Å². The Kier molecular flexibility index (Phi) is 6.92. The molecule has 2 heterocycles. The molecule has 4 rings (SSSR count). The van der Waals surface area contributed by atoms with Crippen LogP contribution in [-0.4, -0.2) is 53.2 Å². The van der Waals surface area contributed by atoms with Gasteiger partial charge in [-0.1, -0.05) is 37.7 Å². The van der Waals surface area contributed by atoms with Crippen molar-refractivity contribution in [2.24, 2.45) is 15.9 Å². The Morgan fingerprint density at radius 3 is 2.41 bits per heavy atom. The van der Waals surface area contributed by atoms with E-state index < -0.39 is 11.3 Å². The molecule has 2 unspecified atom stereocenters. The second-order valence-electron chi connectivity index (χ2n) is 8.55. The average molecular weight is 481 g/mol. The lowest BCUT2D eigenvalue weighted by molar-refractivity contribution is -0.120. The zero-order chi connectivity index (χ0) is 24.4. The summed E-state index contributed by atoms with van der Waals surface area (Å²) in [4.78, 5) is 37.0. The van der Waals surface area contributed by atoms with Gasteiger partial charge in [-0.05, 0) is 31.4 Å². The summed E-state index contributed by atoms with van der Waals surface area (Å²) in [7, 11) is 3.12. The van der Waals surface area contributed by atoms with E-state index in [4.69, 9.17) is 14.5 Å². The van der Waals surface area contributed by atoms with Gasteiger partial charge in [-0.2, -0.15) is 4.99 Å². The molecule has 0 saturated carbocycles. The number of carbonyl (C=O) groups excluding carboxylic acids is 2. The number of thioether (sulfide) groups is 1. The van der Waals surface area contributed by atoms with Crippen LogP contribution < -0.4 is 14.8 Å². The summed E-state index contributed by atoms with van der Waals surface area (Å²) in [6.45, 7) is 5.96. The number of rotatable bonds is 7. The first-order chi connectivity index (χ1) is 16.3. The molecule has 0 bridgehead atoms. The molecule has 0 radical (unpaired) electrons. The molecule has 0 aliphatic carbocycles. The summed E-state index contributed by atoms with van der Waals surface area (Å²) in [5, 5.41) is 3.03. The van der Waals surface area contributed by atoms with Crippen LogP contribution in [0, 0.1) is 5.92 Å². The first-order valence-corrected chi connectivity index (χ1v) is 12.0. The average Bonchev–Trinajstić information content (AvgIpc) is 3.14. The number of amidine groups is 2. The highest BCUT2D eigenvalue weighted by atomic mass is 32.2. The highest BCUT2D eigenvalue weighted by molar-refractivity contribution is 8.14. The Morgan fingerprint density at radius 2 is 1.76 bits per heavy atom. The van der Waals surface area contributed by atoms with Gasteiger partial charge in [0.05, 0.1) is 25.2 Å². The van der Waals surface area contributed by atoms with Crippen molar-refractivity contribution in [3.8, 4) is 11.5 Å². The van der Waals surface area contributed by atoms with Crippen molar-refractivity contribution in [2.45, 2.75) is 38.5 Å². The van der Waals surface area contributed by atoms with Gasteiger partial charge >= 0.3 is 0 Å². The molecule has 1 N–H and O–H groups in total. The number of benzene rings is 2. The van der Waals surface area contributed by atoms with Crippen LogP contribution in [0.1, 0.15) is 32.8 Å². The number of nitrogens with one attached hydrogen (secondary N) is 1. The lowest BCUT2D eigenvalue weighted by Crippen LogP contribution is -2.45. The second-order valence-corrected chi connectivity index (χ2v) is 9.86. The van der Waals surface area contributed by atoms with Gasteiger partial charge < -0.3 is 14.8 Å². The summed E-state index contributed by atoms with van der Waals surface area (Å²) in [5.41, 5.74) is 2.14. The molecule has 34 heavy (non-hydrogen) atoms. The molecule has 0 saturated heterocycles. The van der Waals surface area contributed by atoms with Crippen molar-refractivity contribution in [1.29, 1.82) is 0 Å². The van der Waals surface area contributed by atoms with Gasteiger partial charge in [-0.3, -0.25) is 14.5 Å². The van der Waals surface area contributed by atoms with Gasteiger partial charge in [-0.25, -0.2) is 4.99 Å². The van der Waals surface area contributed by atoms with Crippen molar-refractivity contribution in [1.82, 2.24) is 4.90 Å². The molecule has 2 aromatic carbocycles.